The van der Waals surface area contributed by atoms with E-state index >= 15 is 0 Å². The van der Waals surface area contributed by atoms with Gasteiger partial charge in [-0.2, -0.15) is 0 Å². The molecule has 2 rings (SSSR count). The molecule has 0 aliphatic heterocycles. The Morgan fingerprint density at radius 2 is 1.95 bits per heavy atom. The number of carboxylic acid groups (broad SMARTS) is 1. The molecule has 1 amide bonds. The zero-order valence-corrected chi connectivity index (χ0v) is 12.2. The number of amides is 1. The Labute approximate surface area is 124 Å². The van der Waals surface area contributed by atoms with Gasteiger partial charge >= 0.3 is 5.97 Å². The van der Waals surface area contributed by atoms with Crippen molar-refractivity contribution in [1.82, 2.24) is 0 Å². The maximum atomic E-state index is 12.2. The molecule has 1 aromatic carbocycles. The lowest BCUT2D eigenvalue weighted by molar-refractivity contribution is 0.0698. The van der Waals surface area contributed by atoms with E-state index in [9.17, 15) is 9.59 Å². The van der Waals surface area contributed by atoms with Crippen LogP contribution in [-0.2, 0) is 0 Å². The van der Waals surface area contributed by atoms with Crippen molar-refractivity contribution < 1.29 is 24.2 Å². The summed E-state index contributed by atoms with van der Waals surface area (Å²) in [5, 5.41) is 13.5. The summed E-state index contributed by atoms with van der Waals surface area (Å²) in [4.78, 5) is 23.8. The zero-order chi connectivity index (χ0) is 15.4. The van der Waals surface area contributed by atoms with Crippen molar-refractivity contribution in [2.45, 2.75) is 0 Å². The molecule has 6 nitrogen and oxygen atoms in total. The van der Waals surface area contributed by atoms with Gasteiger partial charge in [0.2, 0.25) is 0 Å². The van der Waals surface area contributed by atoms with Gasteiger partial charge in [0.05, 0.1) is 25.5 Å². The Kier molecular flexibility index (Phi) is 4.44. The number of nitrogens with one attached hydrogen (secondary N) is 1. The van der Waals surface area contributed by atoms with Crippen LogP contribution < -0.4 is 14.8 Å². The molecule has 1 aromatic heterocycles. The van der Waals surface area contributed by atoms with Crippen LogP contribution in [-0.4, -0.2) is 31.2 Å². The number of carbonyl (C=O) groups excluding carboxylic acids is 1. The maximum Gasteiger partial charge on any atom is 0.337 e. The monoisotopic (exact) mass is 307 g/mol. The van der Waals surface area contributed by atoms with Gasteiger partial charge in [-0.15, -0.1) is 11.3 Å². The summed E-state index contributed by atoms with van der Waals surface area (Å²) in [5.41, 5.74) is 0.155. The van der Waals surface area contributed by atoms with Gasteiger partial charge in [0, 0.05) is 6.07 Å². The van der Waals surface area contributed by atoms with Crippen molar-refractivity contribution in [3.8, 4) is 11.5 Å². The van der Waals surface area contributed by atoms with E-state index in [-0.39, 0.29) is 11.3 Å². The van der Waals surface area contributed by atoms with E-state index in [1.165, 1.54) is 43.8 Å². The fourth-order valence-electron chi connectivity index (χ4n) is 1.74. The fourth-order valence-corrected chi connectivity index (χ4v) is 2.50. The average molecular weight is 307 g/mol. The van der Waals surface area contributed by atoms with E-state index in [0.29, 0.717) is 16.4 Å². The van der Waals surface area contributed by atoms with Gasteiger partial charge in [-0.25, -0.2) is 4.79 Å². The summed E-state index contributed by atoms with van der Waals surface area (Å²) < 4.78 is 10.1. The second-order valence-electron chi connectivity index (χ2n) is 3.99. The molecule has 0 aliphatic rings. The van der Waals surface area contributed by atoms with E-state index in [0.717, 1.165) is 0 Å². The molecule has 0 fully saturated rings. The standard InChI is InChI=1S/C14H13NO5S/c1-19-8-3-4-9(14(17)18)10(7-8)15-13(16)12-11(20-2)5-6-21-12/h3-7H,1-2H3,(H,15,16)(H,17,18). The molecule has 0 spiro atoms. The Bertz CT molecular complexity index is 680. The number of carbonyl (C=O) groups is 2. The lowest BCUT2D eigenvalue weighted by Crippen LogP contribution is -2.14. The van der Waals surface area contributed by atoms with Gasteiger partial charge in [0.25, 0.3) is 5.91 Å². The van der Waals surface area contributed by atoms with E-state index in [2.05, 4.69) is 5.32 Å². The lowest BCUT2D eigenvalue weighted by Gasteiger charge is -2.10. The van der Waals surface area contributed by atoms with Gasteiger partial charge in [-0.05, 0) is 23.6 Å². The predicted molar refractivity (Wildman–Crippen MR) is 78.8 cm³/mol. The van der Waals surface area contributed by atoms with Crippen LogP contribution in [0.5, 0.6) is 11.5 Å². The van der Waals surface area contributed by atoms with Crippen LogP contribution in [0, 0.1) is 0 Å². The molecule has 0 saturated carbocycles. The van der Waals surface area contributed by atoms with Crippen LogP contribution >= 0.6 is 11.3 Å². The van der Waals surface area contributed by atoms with Crippen molar-refractivity contribution >= 4 is 28.9 Å². The molecule has 7 heteroatoms. The number of aromatic carboxylic acids is 1. The number of hydrogen-bond acceptors (Lipinski definition) is 5. The molecule has 21 heavy (non-hydrogen) atoms. The van der Waals surface area contributed by atoms with Gasteiger partial charge in [0.1, 0.15) is 16.4 Å². The predicted octanol–water partition coefficient (Wildman–Crippen LogP) is 2.72. The number of ether oxygens (including phenoxy) is 2. The quantitative estimate of drug-likeness (QED) is 0.887. The van der Waals surface area contributed by atoms with Gasteiger partial charge in [-0.1, -0.05) is 0 Å². The van der Waals surface area contributed by atoms with Crippen molar-refractivity contribution in [2.24, 2.45) is 0 Å². The number of rotatable bonds is 5. The first-order chi connectivity index (χ1) is 10.1. The third-order valence-corrected chi connectivity index (χ3v) is 3.66. The highest BCUT2D eigenvalue weighted by molar-refractivity contribution is 7.12. The van der Waals surface area contributed by atoms with Crippen molar-refractivity contribution in [3.63, 3.8) is 0 Å². The second kappa shape index (κ2) is 6.27. The van der Waals surface area contributed by atoms with E-state index in [1.807, 2.05) is 0 Å². The largest absolute Gasteiger partial charge is 0.497 e. The summed E-state index contributed by atoms with van der Waals surface area (Å²) in [5.74, 6) is -0.672. The van der Waals surface area contributed by atoms with Crippen molar-refractivity contribution in [2.75, 3.05) is 19.5 Å². The Hall–Kier alpha value is -2.54. The molecule has 1 heterocycles. The van der Waals surface area contributed by atoms with Gasteiger partial charge < -0.3 is 19.9 Å². The van der Waals surface area contributed by atoms with E-state index in [1.54, 1.807) is 11.4 Å². The molecule has 0 unspecified atom stereocenters. The fraction of sp³-hybridized carbons (Fsp3) is 0.143. The first-order valence-corrected chi connectivity index (χ1v) is 6.79. The molecule has 0 atom stereocenters. The topological polar surface area (TPSA) is 84.9 Å². The molecule has 110 valence electrons. The van der Waals surface area contributed by atoms with Crippen LogP contribution in [0.4, 0.5) is 5.69 Å². The second-order valence-corrected chi connectivity index (χ2v) is 4.91. The highest BCUT2D eigenvalue weighted by Gasteiger charge is 2.18. The summed E-state index contributed by atoms with van der Waals surface area (Å²) in [7, 11) is 2.93. The zero-order valence-electron chi connectivity index (χ0n) is 11.4. The number of anilines is 1. The molecule has 2 N–H and O–H groups in total. The minimum atomic E-state index is -1.13. The normalized spacial score (nSPS) is 10.0. The molecule has 2 aromatic rings. The first-order valence-electron chi connectivity index (χ1n) is 5.91. The Morgan fingerprint density at radius 1 is 1.19 bits per heavy atom. The van der Waals surface area contributed by atoms with Crippen LogP contribution in [0.1, 0.15) is 20.0 Å². The van der Waals surface area contributed by atoms with Crippen LogP contribution in [0.15, 0.2) is 29.6 Å². The molecule has 0 saturated heterocycles. The maximum absolute atomic E-state index is 12.2. The highest BCUT2D eigenvalue weighted by atomic mass is 32.1. The molecule has 0 aliphatic carbocycles. The Morgan fingerprint density at radius 3 is 2.57 bits per heavy atom. The summed E-state index contributed by atoms with van der Waals surface area (Å²) >= 11 is 1.21. The van der Waals surface area contributed by atoms with Crippen LogP contribution in [0.3, 0.4) is 0 Å². The van der Waals surface area contributed by atoms with Crippen molar-refractivity contribution in [3.05, 3.63) is 40.1 Å². The average Bonchev–Trinajstić information content (AvgIpc) is 2.95. The number of benzene rings is 1. The summed E-state index contributed by atoms with van der Waals surface area (Å²) in [6.07, 6.45) is 0. The lowest BCUT2D eigenvalue weighted by atomic mass is 10.1. The van der Waals surface area contributed by atoms with E-state index in [4.69, 9.17) is 14.6 Å². The van der Waals surface area contributed by atoms with Gasteiger partial charge in [-0.3, -0.25) is 4.79 Å². The first kappa shape index (κ1) is 14.9. The minimum Gasteiger partial charge on any atom is -0.497 e. The number of thiophene rings is 1. The van der Waals surface area contributed by atoms with Crippen molar-refractivity contribution in [1.29, 1.82) is 0 Å². The molecular weight excluding hydrogens is 294 g/mol. The Balaban J connectivity index is 2.34. The SMILES string of the molecule is COc1ccc(C(=O)O)c(NC(=O)c2sccc2OC)c1. The minimum absolute atomic E-state index is 0.0142. The van der Waals surface area contributed by atoms with Crippen LogP contribution in [0.2, 0.25) is 0 Å². The molecular formula is C14H13NO5S. The summed E-state index contributed by atoms with van der Waals surface area (Å²) in [6, 6.07) is 6.03. The number of carboxylic acids is 1. The van der Waals surface area contributed by atoms with Gasteiger partial charge in [0.15, 0.2) is 0 Å². The van der Waals surface area contributed by atoms with E-state index < -0.39 is 11.9 Å². The third kappa shape index (κ3) is 3.14. The molecule has 0 radical (unpaired) electrons. The highest BCUT2D eigenvalue weighted by Crippen LogP contribution is 2.28. The molecule has 0 bridgehead atoms. The number of hydrogen-bond donors (Lipinski definition) is 2. The smallest absolute Gasteiger partial charge is 0.337 e. The van der Waals surface area contributed by atoms with Crippen LogP contribution in [0.25, 0.3) is 0 Å². The summed E-state index contributed by atoms with van der Waals surface area (Å²) in [6.45, 7) is 0. The third-order valence-electron chi connectivity index (χ3n) is 2.76. The number of methoxy groups -OCH3 is 2.